The Morgan fingerprint density at radius 2 is 2.04 bits per heavy atom. The van der Waals surface area contributed by atoms with Crippen LogP contribution in [0.15, 0.2) is 24.3 Å². The highest BCUT2D eigenvalue weighted by molar-refractivity contribution is 7.12. The highest BCUT2D eigenvalue weighted by Gasteiger charge is 2.07. The molecule has 1 heterocycles. The lowest BCUT2D eigenvalue weighted by Crippen LogP contribution is -2.22. The Balaban J connectivity index is 1.76. The van der Waals surface area contributed by atoms with E-state index < -0.39 is 5.82 Å². The van der Waals surface area contributed by atoms with E-state index in [1.54, 1.807) is 23.5 Å². The van der Waals surface area contributed by atoms with E-state index in [1.807, 2.05) is 0 Å². The lowest BCUT2D eigenvalue weighted by Gasteiger charge is -2.07. The predicted molar refractivity (Wildman–Crippen MR) is 90.9 cm³/mol. The van der Waals surface area contributed by atoms with Crippen LogP contribution in [-0.2, 0) is 24.4 Å². The summed E-state index contributed by atoms with van der Waals surface area (Å²) in [6.07, 6.45) is 2.20. The van der Waals surface area contributed by atoms with Gasteiger partial charge in [0.15, 0.2) is 0 Å². The number of nitrogens with one attached hydrogen (secondary N) is 1. The number of aryl methyl sites for hydroxylation is 3. The zero-order valence-electron chi connectivity index (χ0n) is 13.5. The molecule has 0 saturated carbocycles. The number of aliphatic hydroxyl groups is 1. The van der Waals surface area contributed by atoms with Crippen LogP contribution in [0.1, 0.15) is 39.3 Å². The number of thiophene rings is 1. The third-order valence-electron chi connectivity index (χ3n) is 3.76. The summed E-state index contributed by atoms with van der Waals surface area (Å²) in [6, 6.07) is 6.70. The first-order valence-electron chi connectivity index (χ1n) is 7.70. The number of rotatable bonds is 7. The Morgan fingerprint density at radius 1 is 1.26 bits per heavy atom. The normalized spacial score (nSPS) is 10.8. The Morgan fingerprint density at radius 3 is 2.70 bits per heavy atom. The quantitative estimate of drug-likeness (QED) is 0.812. The van der Waals surface area contributed by atoms with Gasteiger partial charge in [0.25, 0.3) is 0 Å². The number of benzene rings is 1. The summed E-state index contributed by atoms with van der Waals surface area (Å²) in [5.41, 5.74) is 2.36. The second-order valence-electron chi connectivity index (χ2n) is 5.65. The molecule has 0 fully saturated rings. The van der Waals surface area contributed by atoms with Crippen molar-refractivity contribution >= 4 is 17.2 Å². The fourth-order valence-electron chi connectivity index (χ4n) is 2.52. The molecule has 0 aliphatic heterocycles. The van der Waals surface area contributed by atoms with E-state index in [0.717, 1.165) is 18.4 Å². The molecular formula is C18H22FNO2S. The first-order chi connectivity index (χ1) is 11.0. The van der Waals surface area contributed by atoms with E-state index in [-0.39, 0.29) is 18.1 Å². The molecule has 0 atom stereocenters. The molecule has 1 aromatic carbocycles. The average Bonchev–Trinajstić information content (AvgIpc) is 2.84. The molecule has 2 rings (SSSR count). The van der Waals surface area contributed by atoms with Crippen molar-refractivity contribution in [3.8, 4) is 0 Å². The molecule has 3 nitrogen and oxygen atoms in total. The van der Waals surface area contributed by atoms with Crippen LogP contribution in [0.5, 0.6) is 0 Å². The van der Waals surface area contributed by atoms with Crippen LogP contribution in [0.25, 0.3) is 0 Å². The zero-order chi connectivity index (χ0) is 16.8. The maximum atomic E-state index is 13.3. The Hall–Kier alpha value is -1.72. The van der Waals surface area contributed by atoms with Crippen LogP contribution in [0.3, 0.4) is 0 Å². The number of amides is 1. The Kier molecular flexibility index (Phi) is 6.30. The summed E-state index contributed by atoms with van der Waals surface area (Å²) in [7, 11) is 0. The van der Waals surface area contributed by atoms with E-state index in [1.165, 1.54) is 21.4 Å². The van der Waals surface area contributed by atoms with Crippen LogP contribution in [0.4, 0.5) is 4.39 Å². The molecule has 0 spiro atoms. The second-order valence-corrected chi connectivity index (χ2v) is 7.11. The molecule has 0 saturated heterocycles. The van der Waals surface area contributed by atoms with Crippen LogP contribution in [0.2, 0.25) is 0 Å². The first kappa shape index (κ1) is 17.6. The highest BCUT2D eigenvalue weighted by atomic mass is 32.1. The number of carbonyl (C=O) groups is 1. The average molecular weight is 335 g/mol. The van der Waals surface area contributed by atoms with E-state index >= 15 is 0 Å². The summed E-state index contributed by atoms with van der Waals surface area (Å²) in [5, 5.41) is 11.9. The monoisotopic (exact) mass is 335 g/mol. The molecule has 1 aromatic heterocycles. The van der Waals surface area contributed by atoms with Gasteiger partial charge in [0.2, 0.25) is 5.91 Å². The summed E-state index contributed by atoms with van der Waals surface area (Å²) >= 11 is 1.79. The minimum absolute atomic E-state index is 0.00974. The van der Waals surface area contributed by atoms with Gasteiger partial charge >= 0.3 is 0 Å². The maximum Gasteiger partial charge on any atom is 0.220 e. The van der Waals surface area contributed by atoms with Crippen molar-refractivity contribution in [2.24, 2.45) is 0 Å². The van der Waals surface area contributed by atoms with Crippen LogP contribution in [-0.4, -0.2) is 11.0 Å². The fraction of sp³-hybridized carbons (Fsp3) is 0.389. The van der Waals surface area contributed by atoms with Crippen LogP contribution >= 0.6 is 11.3 Å². The lowest BCUT2D eigenvalue weighted by atomic mass is 10.1. The van der Waals surface area contributed by atoms with E-state index in [2.05, 4.69) is 25.2 Å². The van der Waals surface area contributed by atoms with Gasteiger partial charge in [-0.1, -0.05) is 6.07 Å². The smallest absolute Gasteiger partial charge is 0.220 e. The van der Waals surface area contributed by atoms with Gasteiger partial charge in [-0.05, 0) is 56.0 Å². The van der Waals surface area contributed by atoms with Gasteiger partial charge in [-0.3, -0.25) is 4.79 Å². The van der Waals surface area contributed by atoms with Crippen LogP contribution < -0.4 is 5.32 Å². The van der Waals surface area contributed by atoms with Crippen molar-refractivity contribution < 1.29 is 14.3 Å². The third kappa shape index (κ3) is 5.15. The van der Waals surface area contributed by atoms with Crippen molar-refractivity contribution in [2.45, 2.75) is 46.3 Å². The SMILES string of the molecule is Cc1cc(CCCC(=O)NCc2ccc(F)c(CO)c2)c(C)s1. The second kappa shape index (κ2) is 8.22. The third-order valence-corrected chi connectivity index (χ3v) is 4.77. The molecule has 124 valence electrons. The summed E-state index contributed by atoms with van der Waals surface area (Å²) in [6.45, 7) is 4.22. The van der Waals surface area contributed by atoms with Gasteiger partial charge in [0, 0.05) is 28.3 Å². The van der Waals surface area contributed by atoms with Crippen molar-refractivity contribution in [3.05, 3.63) is 56.5 Å². The van der Waals surface area contributed by atoms with Gasteiger partial charge in [-0.25, -0.2) is 4.39 Å². The molecule has 0 bridgehead atoms. The zero-order valence-corrected chi connectivity index (χ0v) is 14.3. The maximum absolute atomic E-state index is 13.3. The van der Waals surface area contributed by atoms with Gasteiger partial charge in [-0.15, -0.1) is 11.3 Å². The van der Waals surface area contributed by atoms with Crippen molar-refractivity contribution in [1.29, 1.82) is 0 Å². The molecule has 0 radical (unpaired) electrons. The minimum Gasteiger partial charge on any atom is -0.392 e. The highest BCUT2D eigenvalue weighted by Crippen LogP contribution is 2.22. The van der Waals surface area contributed by atoms with Gasteiger partial charge < -0.3 is 10.4 Å². The van der Waals surface area contributed by atoms with Crippen molar-refractivity contribution in [1.82, 2.24) is 5.32 Å². The Labute approximate surface area is 140 Å². The fourth-order valence-corrected chi connectivity index (χ4v) is 3.50. The molecule has 2 aromatic rings. The van der Waals surface area contributed by atoms with Gasteiger partial charge in [0.05, 0.1) is 6.61 Å². The molecule has 0 unspecified atom stereocenters. The molecule has 0 aliphatic carbocycles. The summed E-state index contributed by atoms with van der Waals surface area (Å²) < 4.78 is 13.3. The molecular weight excluding hydrogens is 313 g/mol. The molecule has 1 amide bonds. The molecule has 2 N–H and O–H groups in total. The summed E-state index contributed by atoms with van der Waals surface area (Å²) in [5.74, 6) is -0.437. The van der Waals surface area contributed by atoms with E-state index in [9.17, 15) is 9.18 Å². The first-order valence-corrected chi connectivity index (χ1v) is 8.52. The number of aliphatic hydroxyl groups excluding tert-OH is 1. The number of hydrogen-bond acceptors (Lipinski definition) is 3. The number of halogens is 1. The molecule has 23 heavy (non-hydrogen) atoms. The molecule has 5 heteroatoms. The topological polar surface area (TPSA) is 49.3 Å². The largest absolute Gasteiger partial charge is 0.392 e. The lowest BCUT2D eigenvalue weighted by molar-refractivity contribution is -0.121. The number of hydrogen-bond donors (Lipinski definition) is 2. The minimum atomic E-state index is -0.427. The van der Waals surface area contributed by atoms with E-state index in [4.69, 9.17) is 5.11 Å². The van der Waals surface area contributed by atoms with E-state index in [0.29, 0.717) is 13.0 Å². The predicted octanol–water partition coefficient (Wildman–Crippen LogP) is 3.64. The van der Waals surface area contributed by atoms with Crippen molar-refractivity contribution in [3.63, 3.8) is 0 Å². The van der Waals surface area contributed by atoms with Gasteiger partial charge in [-0.2, -0.15) is 0 Å². The summed E-state index contributed by atoms with van der Waals surface area (Å²) in [4.78, 5) is 14.5. The van der Waals surface area contributed by atoms with Crippen molar-refractivity contribution in [2.75, 3.05) is 0 Å². The van der Waals surface area contributed by atoms with Crippen LogP contribution in [0, 0.1) is 19.7 Å². The standard InChI is InChI=1S/C18H22FNO2S/c1-12-8-15(13(2)23-12)4-3-5-18(22)20-10-14-6-7-17(19)16(9-14)11-21/h6-9,21H,3-5,10-11H2,1-2H3,(H,20,22). The Bertz CT molecular complexity index is 682. The number of carbonyl (C=O) groups excluding carboxylic acids is 1. The molecule has 0 aliphatic rings. The van der Waals surface area contributed by atoms with Gasteiger partial charge in [0.1, 0.15) is 5.82 Å².